The molecule has 0 spiro atoms. The molecule has 8 nitrogen and oxygen atoms in total. The van der Waals surface area contributed by atoms with Gasteiger partial charge >= 0.3 is 12.1 Å². The molecule has 6 amide bonds. The lowest BCUT2D eigenvalue weighted by Crippen LogP contribution is -2.40. The molecule has 4 N–H and O–H groups in total. The van der Waals surface area contributed by atoms with Gasteiger partial charge in [0.15, 0.2) is 0 Å². The number of amides is 6. The molecule has 0 bridgehead atoms. The summed E-state index contributed by atoms with van der Waals surface area (Å²) in [5.74, 6) is -4.24. The van der Waals surface area contributed by atoms with Crippen molar-refractivity contribution in [3.63, 3.8) is 0 Å². The number of carbonyl (C=O) groups is 4. The van der Waals surface area contributed by atoms with Crippen LogP contribution in [0.25, 0.3) is 0 Å². The van der Waals surface area contributed by atoms with Crippen molar-refractivity contribution in [2.75, 3.05) is 10.2 Å². The van der Waals surface area contributed by atoms with Gasteiger partial charge in [0.25, 0.3) is 11.8 Å². The first-order valence-corrected chi connectivity index (χ1v) is 9.61. The minimum Gasteiger partial charge on any atom is -0.351 e. The highest BCUT2D eigenvalue weighted by Gasteiger charge is 2.23. The Morgan fingerprint density at radius 1 is 0.848 bits per heavy atom. The van der Waals surface area contributed by atoms with Crippen molar-refractivity contribution in [1.82, 2.24) is 5.32 Å². The van der Waals surface area contributed by atoms with Gasteiger partial charge in [0.1, 0.15) is 17.2 Å². The molecule has 0 aromatic heterocycles. The van der Waals surface area contributed by atoms with Crippen molar-refractivity contribution in [1.29, 1.82) is 0 Å². The van der Waals surface area contributed by atoms with E-state index in [0.29, 0.717) is 5.02 Å². The number of imide groups is 2. The predicted octanol–water partition coefficient (Wildman–Crippen LogP) is 4.31. The van der Waals surface area contributed by atoms with E-state index in [9.17, 15) is 28.0 Å². The van der Waals surface area contributed by atoms with Gasteiger partial charge in [0, 0.05) is 16.3 Å². The molecule has 0 atom stereocenters. The van der Waals surface area contributed by atoms with E-state index in [4.69, 9.17) is 17.3 Å². The Labute approximate surface area is 190 Å². The van der Waals surface area contributed by atoms with Crippen molar-refractivity contribution in [2.24, 2.45) is 5.73 Å². The molecule has 168 valence electrons. The highest BCUT2D eigenvalue weighted by Crippen LogP contribution is 2.21. The van der Waals surface area contributed by atoms with Crippen molar-refractivity contribution in [3.8, 4) is 0 Å². The molecule has 0 heterocycles. The number of halogens is 3. The maximum absolute atomic E-state index is 13.7. The van der Waals surface area contributed by atoms with E-state index >= 15 is 0 Å². The smallest absolute Gasteiger partial charge is 0.326 e. The third-order valence-corrected chi connectivity index (χ3v) is 4.57. The molecule has 0 unspecified atom stereocenters. The number of benzene rings is 3. The van der Waals surface area contributed by atoms with Gasteiger partial charge in [0.05, 0.1) is 5.69 Å². The molecular weight excluding hydrogens is 458 g/mol. The van der Waals surface area contributed by atoms with Crippen LogP contribution in [-0.2, 0) is 0 Å². The van der Waals surface area contributed by atoms with Crippen molar-refractivity contribution >= 4 is 46.9 Å². The van der Waals surface area contributed by atoms with Gasteiger partial charge in [-0.1, -0.05) is 17.7 Å². The largest absolute Gasteiger partial charge is 0.351 e. The van der Waals surface area contributed by atoms with Crippen LogP contribution >= 0.6 is 11.6 Å². The fraction of sp³-hybridized carbons (Fsp3) is 0. The SMILES string of the molecule is NC(=O)N(C(=O)c1ccc(NC(=O)NC(=O)c2c(F)cccc2F)cc1)c1ccc(Cl)cc1. The summed E-state index contributed by atoms with van der Waals surface area (Å²) in [6.07, 6.45) is 0. The third-order valence-electron chi connectivity index (χ3n) is 4.31. The Morgan fingerprint density at radius 2 is 1.42 bits per heavy atom. The summed E-state index contributed by atoms with van der Waals surface area (Å²) in [6.45, 7) is 0. The number of carbonyl (C=O) groups excluding carboxylic acids is 4. The van der Waals surface area contributed by atoms with Gasteiger partial charge in [-0.05, 0) is 60.7 Å². The Bertz CT molecular complexity index is 1210. The van der Waals surface area contributed by atoms with E-state index < -0.39 is 41.1 Å². The molecule has 0 aliphatic heterocycles. The Balaban J connectivity index is 1.69. The Morgan fingerprint density at radius 3 is 1.97 bits per heavy atom. The zero-order valence-electron chi connectivity index (χ0n) is 16.6. The van der Waals surface area contributed by atoms with E-state index in [0.717, 1.165) is 23.1 Å². The normalized spacial score (nSPS) is 10.3. The van der Waals surface area contributed by atoms with Crippen LogP contribution < -0.4 is 21.3 Å². The molecule has 11 heteroatoms. The topological polar surface area (TPSA) is 122 Å². The van der Waals surface area contributed by atoms with Crippen molar-refractivity contribution < 1.29 is 28.0 Å². The number of nitrogens with zero attached hydrogens (tertiary/aromatic N) is 1. The summed E-state index contributed by atoms with van der Waals surface area (Å²) >= 11 is 5.82. The minimum absolute atomic E-state index is 0.0687. The van der Waals surface area contributed by atoms with Crippen LogP contribution in [-0.4, -0.2) is 23.9 Å². The molecule has 3 rings (SSSR count). The van der Waals surface area contributed by atoms with Crippen LogP contribution in [0.15, 0.2) is 66.7 Å². The average Bonchev–Trinajstić information content (AvgIpc) is 2.75. The maximum Gasteiger partial charge on any atom is 0.326 e. The van der Waals surface area contributed by atoms with Gasteiger partial charge < -0.3 is 11.1 Å². The van der Waals surface area contributed by atoms with Crippen LogP contribution in [0, 0.1) is 11.6 Å². The third kappa shape index (κ3) is 5.49. The molecule has 0 saturated heterocycles. The summed E-state index contributed by atoms with van der Waals surface area (Å²) in [7, 11) is 0. The van der Waals surface area contributed by atoms with Gasteiger partial charge in [-0.2, -0.15) is 0 Å². The summed E-state index contributed by atoms with van der Waals surface area (Å²) in [6, 6.07) is 11.9. The maximum atomic E-state index is 13.7. The fourth-order valence-corrected chi connectivity index (χ4v) is 2.93. The second kappa shape index (κ2) is 9.88. The molecule has 3 aromatic carbocycles. The molecule has 0 aliphatic rings. The van der Waals surface area contributed by atoms with Crippen LogP contribution in [0.4, 0.5) is 29.7 Å². The van der Waals surface area contributed by atoms with Gasteiger partial charge in [-0.15, -0.1) is 0 Å². The van der Waals surface area contributed by atoms with E-state index in [1.165, 1.54) is 48.5 Å². The van der Waals surface area contributed by atoms with Gasteiger partial charge in [0.2, 0.25) is 0 Å². The predicted molar refractivity (Wildman–Crippen MR) is 117 cm³/mol. The highest BCUT2D eigenvalue weighted by atomic mass is 35.5. The van der Waals surface area contributed by atoms with Gasteiger partial charge in [-0.3, -0.25) is 14.9 Å². The molecule has 0 saturated carbocycles. The number of primary amides is 1. The zero-order chi connectivity index (χ0) is 24.1. The van der Waals surface area contributed by atoms with E-state index in [1.807, 2.05) is 0 Å². The Hall–Kier alpha value is -4.31. The summed E-state index contributed by atoms with van der Waals surface area (Å²) in [5.41, 5.74) is 4.87. The zero-order valence-corrected chi connectivity index (χ0v) is 17.4. The van der Waals surface area contributed by atoms with Crippen LogP contribution in [0.1, 0.15) is 20.7 Å². The number of anilines is 2. The lowest BCUT2D eigenvalue weighted by atomic mass is 10.1. The molecule has 0 fully saturated rings. The average molecular weight is 473 g/mol. The molecule has 0 radical (unpaired) electrons. The van der Waals surface area contributed by atoms with Crippen LogP contribution in [0.3, 0.4) is 0 Å². The minimum atomic E-state index is -1.27. The number of hydrogen-bond acceptors (Lipinski definition) is 4. The quantitative estimate of drug-likeness (QED) is 0.524. The van der Waals surface area contributed by atoms with Crippen LogP contribution in [0.5, 0.6) is 0 Å². The lowest BCUT2D eigenvalue weighted by molar-refractivity contribution is 0.0956. The summed E-state index contributed by atoms with van der Waals surface area (Å²) < 4.78 is 27.3. The molecule has 3 aromatic rings. The lowest BCUT2D eigenvalue weighted by Gasteiger charge is -2.19. The number of hydrogen-bond donors (Lipinski definition) is 3. The summed E-state index contributed by atoms with van der Waals surface area (Å²) in [4.78, 5) is 49.3. The number of urea groups is 2. The van der Waals surface area contributed by atoms with E-state index in [1.54, 1.807) is 5.32 Å². The standard InChI is InChI=1S/C22H15ClF2N4O4/c23-13-6-10-15(11-7-13)29(21(26)32)20(31)12-4-8-14(9-5-12)27-22(33)28-19(30)18-16(24)2-1-3-17(18)25/h1-11H,(H2,26,32)(H2,27,28,30,33). The second-order valence-electron chi connectivity index (χ2n) is 6.54. The first kappa shape index (κ1) is 23.4. The number of nitrogens with one attached hydrogen (secondary N) is 2. The Kier molecular flexibility index (Phi) is 6.99. The number of rotatable bonds is 4. The van der Waals surface area contributed by atoms with Crippen LogP contribution in [0.2, 0.25) is 5.02 Å². The molecule has 0 aliphatic carbocycles. The fourth-order valence-electron chi connectivity index (χ4n) is 2.80. The van der Waals surface area contributed by atoms with Crippen molar-refractivity contribution in [3.05, 3.63) is 94.5 Å². The highest BCUT2D eigenvalue weighted by molar-refractivity contribution is 6.30. The molecule has 33 heavy (non-hydrogen) atoms. The first-order valence-electron chi connectivity index (χ1n) is 9.23. The number of nitrogens with two attached hydrogens (primary N) is 1. The van der Waals surface area contributed by atoms with Crippen molar-refractivity contribution in [2.45, 2.75) is 0 Å². The monoisotopic (exact) mass is 472 g/mol. The second-order valence-corrected chi connectivity index (χ2v) is 6.97. The first-order chi connectivity index (χ1) is 15.7. The van der Waals surface area contributed by atoms with E-state index in [2.05, 4.69) is 5.32 Å². The molecular formula is C22H15ClF2N4O4. The van der Waals surface area contributed by atoms with E-state index in [-0.39, 0.29) is 16.9 Å². The van der Waals surface area contributed by atoms with Gasteiger partial charge in [-0.25, -0.2) is 23.3 Å². The summed E-state index contributed by atoms with van der Waals surface area (Å²) in [5, 5.41) is 4.50.